The van der Waals surface area contributed by atoms with Gasteiger partial charge in [0.25, 0.3) is 0 Å². The Bertz CT molecular complexity index is 787. The molecule has 0 aliphatic carbocycles. The quantitative estimate of drug-likeness (QED) is 0.337. The molecule has 0 spiro atoms. The van der Waals surface area contributed by atoms with Gasteiger partial charge in [0.05, 0.1) is 18.8 Å². The molecule has 2 amide bonds. The van der Waals surface area contributed by atoms with E-state index in [1.165, 1.54) is 0 Å². The third-order valence-corrected chi connectivity index (χ3v) is 3.57. The van der Waals surface area contributed by atoms with Crippen molar-refractivity contribution in [1.82, 2.24) is 25.1 Å². The molecule has 0 atom stereocenters. The number of aromatic nitrogens is 3. The molecule has 1 aromatic carbocycles. The summed E-state index contributed by atoms with van der Waals surface area (Å²) in [6.07, 6.45) is 1.66. The molecule has 1 aromatic heterocycles. The smallest absolute Gasteiger partial charge is 0.411 e. The van der Waals surface area contributed by atoms with Gasteiger partial charge in [-0.15, -0.1) is 10.2 Å². The number of fused-ring (bicyclic) bond motifs is 3. The Morgan fingerprint density at radius 2 is 2.08 bits per heavy atom. The van der Waals surface area contributed by atoms with Crippen LogP contribution in [-0.4, -0.2) is 37.8 Å². The molecule has 3 rings (SSSR count). The van der Waals surface area contributed by atoms with E-state index in [0.29, 0.717) is 30.3 Å². The highest BCUT2D eigenvalue weighted by molar-refractivity contribution is 6.30. The number of hydrogen-bond acceptors (Lipinski definition) is 6. The largest absolute Gasteiger partial charge is 0.444 e. The summed E-state index contributed by atoms with van der Waals surface area (Å²) in [5.41, 5.74) is 3.06. The van der Waals surface area contributed by atoms with E-state index in [1.807, 2.05) is 43.5 Å². The lowest BCUT2D eigenvalue weighted by Crippen LogP contribution is -2.35. The molecule has 0 unspecified atom stereocenters. The van der Waals surface area contributed by atoms with Crippen LogP contribution in [0.5, 0.6) is 0 Å². The van der Waals surface area contributed by atoms with E-state index >= 15 is 0 Å². The first kappa shape index (κ1) is 19.7. The van der Waals surface area contributed by atoms with E-state index < -0.39 is 5.60 Å². The third kappa shape index (κ3) is 4.93. The summed E-state index contributed by atoms with van der Waals surface area (Å²) in [5, 5.41) is 8.66. The molecule has 0 fully saturated rings. The molecule has 10 heteroatoms. The van der Waals surface area contributed by atoms with Crippen LogP contribution in [-0.2, 0) is 22.6 Å². The lowest BCUT2D eigenvalue weighted by Gasteiger charge is -2.26. The lowest BCUT2D eigenvalue weighted by atomic mass is 10.1. The average molecular weight is 381 g/mol. The van der Waals surface area contributed by atoms with Crippen molar-refractivity contribution >= 4 is 24.1 Å². The van der Waals surface area contributed by atoms with Gasteiger partial charge in [-0.05, 0) is 44.5 Å². The summed E-state index contributed by atoms with van der Waals surface area (Å²) in [4.78, 5) is 22.9. The molecule has 26 heavy (non-hydrogen) atoms. The number of halogens is 1. The zero-order valence-corrected chi connectivity index (χ0v) is 15.5. The van der Waals surface area contributed by atoms with Crippen LogP contribution < -0.4 is 11.3 Å². The highest BCUT2D eigenvalue weighted by atomic mass is 35.5. The summed E-state index contributed by atoms with van der Waals surface area (Å²) < 4.78 is 7.34. The fourth-order valence-electron chi connectivity index (χ4n) is 2.37. The zero-order chi connectivity index (χ0) is 19.3. The van der Waals surface area contributed by atoms with Crippen LogP contribution in [0.25, 0.3) is 5.69 Å². The maximum Gasteiger partial charge on any atom is 0.411 e. The second kappa shape index (κ2) is 8.15. The van der Waals surface area contributed by atoms with Crippen molar-refractivity contribution in [2.75, 3.05) is 0 Å². The second-order valence-electron chi connectivity index (χ2n) is 6.51. The second-order valence-corrected chi connectivity index (χ2v) is 6.95. The Labute approximate surface area is 156 Å². The molecule has 1 aliphatic heterocycles. The van der Waals surface area contributed by atoms with Crippen LogP contribution in [0.15, 0.2) is 24.5 Å². The standard InChI is InChI=1S/C15H17ClN4O2.CH4N2O/c1-15(2,3)22-14(21)19-7-10-6-11(16)4-5-12(10)20-9-17-18-13(20)8-19;2-3-1-4/h4-6,9H,7-8H2,1-3H3;1H,2H2,(H,3,4). The molecular formula is C16H21ClN6O3. The highest BCUT2D eigenvalue weighted by Gasteiger charge is 2.27. The third-order valence-electron chi connectivity index (χ3n) is 3.33. The first-order valence-electron chi connectivity index (χ1n) is 7.80. The summed E-state index contributed by atoms with van der Waals surface area (Å²) in [6, 6.07) is 5.57. The SMILES string of the molecule is CC(C)(C)OC(=O)N1Cc2cc(Cl)ccc2-n2cnnc2C1.NNC=O. The molecule has 0 saturated carbocycles. The molecule has 1 aliphatic rings. The Morgan fingerprint density at radius 3 is 2.69 bits per heavy atom. The summed E-state index contributed by atoms with van der Waals surface area (Å²) in [7, 11) is 0. The number of nitrogens with one attached hydrogen (secondary N) is 1. The van der Waals surface area contributed by atoms with Gasteiger partial charge < -0.3 is 4.74 Å². The van der Waals surface area contributed by atoms with Crippen molar-refractivity contribution in [1.29, 1.82) is 0 Å². The number of carbonyl (C=O) groups excluding carboxylic acids is 2. The predicted octanol–water partition coefficient (Wildman–Crippen LogP) is 1.78. The van der Waals surface area contributed by atoms with Crippen LogP contribution in [0.3, 0.4) is 0 Å². The highest BCUT2D eigenvalue weighted by Crippen LogP contribution is 2.26. The summed E-state index contributed by atoms with van der Waals surface area (Å²) >= 11 is 6.09. The number of amides is 2. The van der Waals surface area contributed by atoms with Gasteiger partial charge in [0, 0.05) is 5.02 Å². The molecule has 2 heterocycles. The van der Waals surface area contributed by atoms with Crippen molar-refractivity contribution in [3.05, 3.63) is 40.9 Å². The van der Waals surface area contributed by atoms with Gasteiger partial charge in [0.2, 0.25) is 6.41 Å². The number of nitrogens with zero attached hydrogens (tertiary/aromatic N) is 4. The number of hydrogen-bond donors (Lipinski definition) is 2. The minimum absolute atomic E-state index is 0.335. The number of carbonyl (C=O) groups is 2. The molecule has 140 valence electrons. The Balaban J connectivity index is 0.000000552. The van der Waals surface area contributed by atoms with Crippen LogP contribution >= 0.6 is 11.6 Å². The predicted molar refractivity (Wildman–Crippen MR) is 95.2 cm³/mol. The van der Waals surface area contributed by atoms with Gasteiger partial charge in [-0.2, -0.15) is 0 Å². The first-order valence-corrected chi connectivity index (χ1v) is 8.18. The van der Waals surface area contributed by atoms with Gasteiger partial charge in [0.15, 0.2) is 5.82 Å². The van der Waals surface area contributed by atoms with E-state index in [4.69, 9.17) is 21.1 Å². The van der Waals surface area contributed by atoms with Crippen molar-refractivity contribution in [3.8, 4) is 5.69 Å². The molecule has 0 radical (unpaired) electrons. The van der Waals surface area contributed by atoms with Crippen LogP contribution in [0.2, 0.25) is 5.02 Å². The molecule has 2 aromatic rings. The number of hydrazine groups is 1. The normalized spacial score (nSPS) is 12.7. The van der Waals surface area contributed by atoms with Gasteiger partial charge in [-0.25, -0.2) is 10.6 Å². The lowest BCUT2D eigenvalue weighted by molar-refractivity contribution is -0.109. The molecule has 3 N–H and O–H groups in total. The van der Waals surface area contributed by atoms with E-state index in [-0.39, 0.29) is 6.09 Å². The number of ether oxygens (including phenoxy) is 1. The van der Waals surface area contributed by atoms with Crippen molar-refractivity contribution < 1.29 is 14.3 Å². The van der Waals surface area contributed by atoms with Gasteiger partial charge in [-0.1, -0.05) is 11.6 Å². The minimum Gasteiger partial charge on any atom is -0.444 e. The maximum absolute atomic E-state index is 12.4. The zero-order valence-electron chi connectivity index (χ0n) is 14.8. The number of nitrogens with two attached hydrogens (primary N) is 1. The van der Waals surface area contributed by atoms with E-state index in [0.717, 1.165) is 11.3 Å². The fraction of sp³-hybridized carbons (Fsp3) is 0.375. The molecular weight excluding hydrogens is 360 g/mol. The van der Waals surface area contributed by atoms with Gasteiger partial charge in [-0.3, -0.25) is 19.7 Å². The van der Waals surface area contributed by atoms with Crippen molar-refractivity contribution in [2.45, 2.75) is 39.5 Å². The average Bonchev–Trinajstić information content (AvgIpc) is 2.95. The van der Waals surface area contributed by atoms with Gasteiger partial charge >= 0.3 is 6.09 Å². The van der Waals surface area contributed by atoms with Crippen LogP contribution in [0.1, 0.15) is 32.2 Å². The van der Waals surface area contributed by atoms with Crippen LogP contribution in [0, 0.1) is 0 Å². The maximum atomic E-state index is 12.4. The monoisotopic (exact) mass is 380 g/mol. The Kier molecular flexibility index (Phi) is 6.17. The first-order chi connectivity index (χ1) is 12.2. The summed E-state index contributed by atoms with van der Waals surface area (Å²) in [6.45, 7) is 6.28. The summed E-state index contributed by atoms with van der Waals surface area (Å²) in [5.74, 6) is 5.10. The van der Waals surface area contributed by atoms with Gasteiger partial charge in [0.1, 0.15) is 11.9 Å². The van der Waals surface area contributed by atoms with Crippen molar-refractivity contribution in [3.63, 3.8) is 0 Å². The van der Waals surface area contributed by atoms with Crippen molar-refractivity contribution in [2.24, 2.45) is 5.84 Å². The van der Waals surface area contributed by atoms with E-state index in [9.17, 15) is 4.79 Å². The Hall–Kier alpha value is -2.65. The van der Waals surface area contributed by atoms with E-state index in [1.54, 1.807) is 16.7 Å². The fourth-order valence-corrected chi connectivity index (χ4v) is 2.57. The van der Waals surface area contributed by atoms with E-state index in [2.05, 4.69) is 16.0 Å². The number of rotatable bonds is 1. The molecule has 0 saturated heterocycles. The molecule has 9 nitrogen and oxygen atoms in total. The van der Waals surface area contributed by atoms with Crippen LogP contribution in [0.4, 0.5) is 4.79 Å². The minimum atomic E-state index is -0.547. The topological polar surface area (TPSA) is 115 Å². The Morgan fingerprint density at radius 1 is 1.38 bits per heavy atom. The number of benzene rings is 1. The molecule has 0 bridgehead atoms.